The lowest BCUT2D eigenvalue weighted by molar-refractivity contribution is -0.386. The first-order chi connectivity index (χ1) is 7.66. The molecule has 1 aromatic carbocycles. The van der Waals surface area contributed by atoms with Crippen molar-refractivity contribution in [3.8, 4) is 11.8 Å². The molecule has 0 atom stereocenters. The lowest BCUT2D eigenvalue weighted by Gasteiger charge is -2.05. The molecule has 0 saturated heterocycles. The highest BCUT2D eigenvalue weighted by atomic mass is 19.1. The Morgan fingerprint density at radius 2 is 2.31 bits per heavy atom. The molecule has 0 aliphatic carbocycles. The largest absolute Gasteiger partial charge is 0.378 e. The lowest BCUT2D eigenvalue weighted by atomic mass is 10.2. The Labute approximate surface area is 92.6 Å². The molecule has 4 nitrogen and oxygen atoms in total. The summed E-state index contributed by atoms with van der Waals surface area (Å²) in [4.78, 5) is 9.90. The van der Waals surface area contributed by atoms with E-state index in [1.54, 1.807) is 6.92 Å². The van der Waals surface area contributed by atoms with Crippen molar-refractivity contribution in [1.82, 2.24) is 0 Å². The van der Waals surface area contributed by atoms with Crippen LogP contribution in [0.15, 0.2) is 18.2 Å². The third kappa shape index (κ3) is 2.95. The van der Waals surface area contributed by atoms with Crippen LogP contribution >= 0.6 is 0 Å². The second-order valence-corrected chi connectivity index (χ2v) is 3.00. The van der Waals surface area contributed by atoms with Crippen molar-refractivity contribution in [3.05, 3.63) is 34.1 Å². The highest BCUT2D eigenvalue weighted by Gasteiger charge is 2.18. The van der Waals surface area contributed by atoms with Crippen molar-refractivity contribution in [2.24, 2.45) is 0 Å². The average molecular weight is 222 g/mol. The molecule has 0 heterocycles. The van der Waals surface area contributed by atoms with E-state index in [0.29, 0.717) is 13.0 Å². The highest BCUT2D eigenvalue weighted by Crippen LogP contribution is 2.26. The first-order valence-corrected chi connectivity index (χ1v) is 4.73. The van der Waals surface area contributed by atoms with Crippen LogP contribution in [0, 0.1) is 27.8 Å². The normalized spacial score (nSPS) is 9.12. The molecule has 0 bridgehead atoms. The Hall–Kier alpha value is -2.09. The van der Waals surface area contributed by atoms with Crippen molar-refractivity contribution < 1.29 is 9.31 Å². The molecular formula is C11H11FN2O2. The minimum atomic E-state index is -0.837. The van der Waals surface area contributed by atoms with Crippen LogP contribution in [-0.2, 0) is 0 Å². The van der Waals surface area contributed by atoms with Crippen molar-refractivity contribution >= 4 is 11.4 Å². The smallest absolute Gasteiger partial charge is 0.327 e. The zero-order valence-electron chi connectivity index (χ0n) is 8.79. The zero-order chi connectivity index (χ0) is 12.0. The van der Waals surface area contributed by atoms with Crippen molar-refractivity contribution in [2.45, 2.75) is 13.3 Å². The SMILES string of the molecule is CC#CCCNc1cccc(F)c1[N+](=O)[O-]. The maximum Gasteiger partial charge on any atom is 0.327 e. The Morgan fingerprint density at radius 3 is 2.94 bits per heavy atom. The van der Waals surface area contributed by atoms with E-state index in [-0.39, 0.29) is 5.69 Å². The maximum atomic E-state index is 13.2. The van der Waals surface area contributed by atoms with Gasteiger partial charge in [0, 0.05) is 13.0 Å². The van der Waals surface area contributed by atoms with Gasteiger partial charge >= 0.3 is 5.69 Å². The van der Waals surface area contributed by atoms with Crippen LogP contribution in [-0.4, -0.2) is 11.5 Å². The van der Waals surface area contributed by atoms with Crippen LogP contribution in [0.5, 0.6) is 0 Å². The molecule has 5 heteroatoms. The van der Waals surface area contributed by atoms with Crippen LogP contribution in [0.4, 0.5) is 15.8 Å². The molecule has 0 radical (unpaired) electrons. The highest BCUT2D eigenvalue weighted by molar-refractivity contribution is 5.61. The summed E-state index contributed by atoms with van der Waals surface area (Å²) in [5, 5.41) is 13.4. The van der Waals surface area contributed by atoms with Gasteiger partial charge in [0.15, 0.2) is 0 Å². The summed E-state index contributed by atoms with van der Waals surface area (Å²) in [6.45, 7) is 2.16. The minimum absolute atomic E-state index is 0.183. The van der Waals surface area contributed by atoms with E-state index in [2.05, 4.69) is 17.2 Å². The predicted molar refractivity (Wildman–Crippen MR) is 59.6 cm³/mol. The lowest BCUT2D eigenvalue weighted by Crippen LogP contribution is -2.04. The van der Waals surface area contributed by atoms with Gasteiger partial charge in [-0.25, -0.2) is 0 Å². The van der Waals surface area contributed by atoms with E-state index < -0.39 is 16.4 Å². The summed E-state index contributed by atoms with van der Waals surface area (Å²) in [5.74, 6) is 4.67. The summed E-state index contributed by atoms with van der Waals surface area (Å²) in [6, 6.07) is 3.96. The second-order valence-electron chi connectivity index (χ2n) is 3.00. The second kappa shape index (κ2) is 5.71. The zero-order valence-corrected chi connectivity index (χ0v) is 8.79. The van der Waals surface area contributed by atoms with E-state index in [1.165, 1.54) is 12.1 Å². The molecule has 1 aromatic rings. The molecule has 0 fully saturated rings. The molecule has 0 unspecified atom stereocenters. The van der Waals surface area contributed by atoms with Crippen LogP contribution in [0.1, 0.15) is 13.3 Å². The topological polar surface area (TPSA) is 55.2 Å². The van der Waals surface area contributed by atoms with E-state index in [1.807, 2.05) is 0 Å². The van der Waals surface area contributed by atoms with Crippen LogP contribution in [0.2, 0.25) is 0 Å². The molecule has 0 saturated carbocycles. The number of para-hydroxylation sites is 1. The van der Waals surface area contributed by atoms with Gasteiger partial charge in [0.05, 0.1) is 4.92 Å². The fourth-order valence-corrected chi connectivity index (χ4v) is 1.23. The van der Waals surface area contributed by atoms with Gasteiger partial charge < -0.3 is 5.32 Å². The minimum Gasteiger partial charge on any atom is -0.378 e. The van der Waals surface area contributed by atoms with Crippen molar-refractivity contribution in [2.75, 3.05) is 11.9 Å². The van der Waals surface area contributed by atoms with Gasteiger partial charge in [0.1, 0.15) is 5.69 Å². The van der Waals surface area contributed by atoms with E-state index in [4.69, 9.17) is 0 Å². The summed E-state index contributed by atoms with van der Waals surface area (Å²) in [5.41, 5.74) is -0.338. The quantitative estimate of drug-likeness (QED) is 0.368. The van der Waals surface area contributed by atoms with Gasteiger partial charge in [0.2, 0.25) is 5.82 Å². The molecular weight excluding hydrogens is 211 g/mol. The van der Waals surface area contributed by atoms with Crippen molar-refractivity contribution in [3.63, 3.8) is 0 Å². The van der Waals surface area contributed by atoms with Gasteiger partial charge in [-0.05, 0) is 19.1 Å². The Bertz CT molecular complexity index is 449. The molecule has 0 amide bonds. The number of nitro benzene ring substituents is 1. The average Bonchev–Trinajstić information content (AvgIpc) is 2.24. The predicted octanol–water partition coefficient (Wildman–Crippen LogP) is 2.56. The van der Waals surface area contributed by atoms with Crippen LogP contribution in [0.3, 0.4) is 0 Å². The number of halogens is 1. The van der Waals surface area contributed by atoms with Gasteiger partial charge in [0.25, 0.3) is 0 Å². The number of benzene rings is 1. The summed E-state index contributed by atoms with van der Waals surface area (Å²) < 4.78 is 13.2. The number of nitrogens with one attached hydrogen (secondary N) is 1. The van der Waals surface area contributed by atoms with Gasteiger partial charge in [-0.1, -0.05) is 6.07 Å². The summed E-state index contributed by atoms with van der Waals surface area (Å²) in [6.07, 6.45) is 0.560. The Morgan fingerprint density at radius 1 is 1.56 bits per heavy atom. The summed E-state index contributed by atoms with van der Waals surface area (Å²) >= 11 is 0. The van der Waals surface area contributed by atoms with Gasteiger partial charge in [-0.2, -0.15) is 4.39 Å². The molecule has 16 heavy (non-hydrogen) atoms. The number of anilines is 1. The molecule has 0 aliphatic rings. The molecule has 0 aromatic heterocycles. The van der Waals surface area contributed by atoms with Gasteiger partial charge in [-0.15, -0.1) is 11.8 Å². The number of hydrogen-bond donors (Lipinski definition) is 1. The molecule has 0 aliphatic heterocycles. The Balaban J connectivity index is 2.81. The maximum absolute atomic E-state index is 13.2. The molecule has 0 spiro atoms. The van der Waals surface area contributed by atoms with E-state index in [9.17, 15) is 14.5 Å². The monoisotopic (exact) mass is 222 g/mol. The Kier molecular flexibility index (Phi) is 4.28. The number of rotatable bonds is 4. The van der Waals surface area contributed by atoms with Crippen molar-refractivity contribution in [1.29, 1.82) is 0 Å². The fraction of sp³-hybridized carbons (Fsp3) is 0.273. The molecule has 1 rings (SSSR count). The number of nitrogens with zero attached hydrogens (tertiary/aromatic N) is 1. The first kappa shape index (κ1) is 12.0. The first-order valence-electron chi connectivity index (χ1n) is 4.73. The summed E-state index contributed by atoms with van der Waals surface area (Å²) in [7, 11) is 0. The van der Waals surface area contributed by atoms with E-state index >= 15 is 0 Å². The number of nitro groups is 1. The third-order valence-corrected chi connectivity index (χ3v) is 1.91. The third-order valence-electron chi connectivity index (χ3n) is 1.91. The van der Waals surface area contributed by atoms with Crippen LogP contribution in [0.25, 0.3) is 0 Å². The van der Waals surface area contributed by atoms with Crippen LogP contribution < -0.4 is 5.32 Å². The van der Waals surface area contributed by atoms with Gasteiger partial charge in [-0.3, -0.25) is 10.1 Å². The fourth-order valence-electron chi connectivity index (χ4n) is 1.23. The van der Waals surface area contributed by atoms with E-state index in [0.717, 1.165) is 6.07 Å². The standard InChI is InChI=1S/C11H11FN2O2/c1-2-3-4-8-13-10-7-5-6-9(12)11(10)14(15)16/h5-7,13H,4,8H2,1H3. The molecule has 84 valence electrons. The molecule has 1 N–H and O–H groups in total. The number of hydrogen-bond acceptors (Lipinski definition) is 3.